The second kappa shape index (κ2) is 4.25. The van der Waals surface area contributed by atoms with Gasteiger partial charge in [0.15, 0.2) is 6.17 Å². The molecule has 5 nitrogen and oxygen atoms in total. The van der Waals surface area contributed by atoms with Crippen LogP contribution in [0.15, 0.2) is 26.6 Å². The number of rotatable bonds is 2. The number of hydrogen-bond donors (Lipinski definition) is 2. The molecule has 0 aliphatic carbocycles. The predicted octanol–water partition coefficient (Wildman–Crippen LogP) is 0.309. The normalized spacial score (nSPS) is 29.6. The highest BCUT2D eigenvalue weighted by Crippen LogP contribution is 2.09. The number of nitrogens with zero attached hydrogens (tertiary/aromatic N) is 3. The van der Waals surface area contributed by atoms with E-state index in [1.165, 1.54) is 5.57 Å². The molecular weight excluding hydrogens is 190 g/mol. The highest BCUT2D eigenvalue weighted by atomic mass is 15.3. The molecule has 0 aromatic rings. The molecule has 0 radical (unpaired) electrons. The first-order valence-electron chi connectivity index (χ1n) is 5.01. The summed E-state index contributed by atoms with van der Waals surface area (Å²) in [6.45, 7) is 4.82. The Hall–Kier alpha value is -1.65. The molecule has 0 amide bonds. The standard InChI is InChI=1S/C10H15N5/c1-7(2)3-4-11-9-8-10(13-5-12-8)15-6-14-9/h3,5-6,8,10H,4H2,1-2H3,(H,12,13)(H,11,14,15). The molecule has 2 atom stereocenters. The van der Waals surface area contributed by atoms with Crippen molar-refractivity contribution in [1.29, 1.82) is 0 Å². The Labute approximate surface area is 89.1 Å². The molecule has 2 heterocycles. The summed E-state index contributed by atoms with van der Waals surface area (Å²) in [6, 6.07) is 0.0144. The summed E-state index contributed by atoms with van der Waals surface area (Å²) in [5.41, 5.74) is 1.27. The largest absolute Gasteiger partial charge is 0.353 e. The highest BCUT2D eigenvalue weighted by molar-refractivity contribution is 5.99. The van der Waals surface area contributed by atoms with Crippen molar-refractivity contribution < 1.29 is 0 Å². The van der Waals surface area contributed by atoms with E-state index in [0.717, 1.165) is 5.84 Å². The van der Waals surface area contributed by atoms with Crippen molar-refractivity contribution in [3.05, 3.63) is 11.6 Å². The van der Waals surface area contributed by atoms with Crippen LogP contribution in [0.25, 0.3) is 0 Å². The van der Waals surface area contributed by atoms with Gasteiger partial charge in [-0.2, -0.15) is 0 Å². The average Bonchev–Trinajstić information content (AvgIpc) is 2.65. The Balaban J connectivity index is 2.05. The molecule has 0 saturated heterocycles. The van der Waals surface area contributed by atoms with Gasteiger partial charge < -0.3 is 10.6 Å². The first kappa shape index (κ1) is 9.89. The molecule has 2 rings (SSSR count). The molecule has 0 fully saturated rings. The van der Waals surface area contributed by atoms with Crippen LogP contribution in [0.4, 0.5) is 0 Å². The summed E-state index contributed by atoms with van der Waals surface area (Å²) in [7, 11) is 0. The third-order valence-corrected chi connectivity index (χ3v) is 2.27. The van der Waals surface area contributed by atoms with Gasteiger partial charge in [0, 0.05) is 0 Å². The van der Waals surface area contributed by atoms with Crippen LogP contribution >= 0.6 is 0 Å². The number of fused-ring (bicyclic) bond motifs is 1. The number of amidine groups is 1. The lowest BCUT2D eigenvalue weighted by molar-refractivity contribution is 0.621. The van der Waals surface area contributed by atoms with Crippen molar-refractivity contribution in [3.63, 3.8) is 0 Å². The zero-order valence-electron chi connectivity index (χ0n) is 8.94. The smallest absolute Gasteiger partial charge is 0.151 e. The SMILES string of the molecule is CC(C)=CCN=C1NC=NC2NC=NC12. The molecule has 80 valence electrons. The van der Waals surface area contributed by atoms with Crippen LogP contribution in [0.5, 0.6) is 0 Å². The predicted molar refractivity (Wildman–Crippen MR) is 62.6 cm³/mol. The topological polar surface area (TPSA) is 61.1 Å². The van der Waals surface area contributed by atoms with Crippen molar-refractivity contribution in [2.24, 2.45) is 15.0 Å². The van der Waals surface area contributed by atoms with Gasteiger partial charge in [-0.3, -0.25) is 9.98 Å². The van der Waals surface area contributed by atoms with Crippen LogP contribution < -0.4 is 10.6 Å². The van der Waals surface area contributed by atoms with E-state index >= 15 is 0 Å². The fourth-order valence-corrected chi connectivity index (χ4v) is 1.45. The van der Waals surface area contributed by atoms with Gasteiger partial charge in [-0.25, -0.2) is 4.99 Å². The second-order valence-electron chi connectivity index (χ2n) is 3.76. The maximum atomic E-state index is 4.45. The first-order valence-corrected chi connectivity index (χ1v) is 5.01. The lowest BCUT2D eigenvalue weighted by atomic mass is 10.2. The Bertz CT molecular complexity index is 349. The average molecular weight is 205 g/mol. The van der Waals surface area contributed by atoms with Gasteiger partial charge in [-0.05, 0) is 13.8 Å². The summed E-state index contributed by atoms with van der Waals surface area (Å²) in [5, 5.41) is 6.10. The maximum absolute atomic E-state index is 4.45. The summed E-state index contributed by atoms with van der Waals surface area (Å²) in [5.74, 6) is 0.883. The highest BCUT2D eigenvalue weighted by Gasteiger charge is 2.30. The van der Waals surface area contributed by atoms with Crippen LogP contribution in [0, 0.1) is 0 Å². The van der Waals surface area contributed by atoms with Gasteiger partial charge in [0.05, 0.1) is 19.2 Å². The molecule has 15 heavy (non-hydrogen) atoms. The van der Waals surface area contributed by atoms with Gasteiger partial charge in [0.2, 0.25) is 0 Å². The molecule has 0 aromatic carbocycles. The Morgan fingerprint density at radius 2 is 2.33 bits per heavy atom. The van der Waals surface area contributed by atoms with E-state index in [9.17, 15) is 0 Å². The first-order chi connectivity index (χ1) is 7.27. The molecule has 2 aliphatic rings. The van der Waals surface area contributed by atoms with Gasteiger partial charge in [0.25, 0.3) is 0 Å². The molecule has 2 unspecified atom stereocenters. The Morgan fingerprint density at radius 1 is 1.47 bits per heavy atom. The van der Waals surface area contributed by atoms with Gasteiger partial charge in [-0.15, -0.1) is 0 Å². The molecule has 0 bridgehead atoms. The Morgan fingerprint density at radius 3 is 3.13 bits per heavy atom. The fourth-order valence-electron chi connectivity index (χ4n) is 1.45. The number of hydrogen-bond acceptors (Lipinski definition) is 4. The summed E-state index contributed by atoms with van der Waals surface area (Å²) in [4.78, 5) is 12.9. The quantitative estimate of drug-likeness (QED) is 0.637. The van der Waals surface area contributed by atoms with Crippen LogP contribution in [0.3, 0.4) is 0 Å². The van der Waals surface area contributed by atoms with E-state index in [1.807, 2.05) is 0 Å². The van der Waals surface area contributed by atoms with Crippen molar-refractivity contribution in [2.45, 2.75) is 26.1 Å². The molecule has 5 heteroatoms. The second-order valence-corrected chi connectivity index (χ2v) is 3.76. The van der Waals surface area contributed by atoms with E-state index in [0.29, 0.717) is 6.54 Å². The Kier molecular flexibility index (Phi) is 2.80. The van der Waals surface area contributed by atoms with Crippen LogP contribution in [-0.2, 0) is 0 Å². The van der Waals surface area contributed by atoms with Crippen molar-refractivity contribution in [3.8, 4) is 0 Å². The summed E-state index contributed by atoms with van der Waals surface area (Å²) in [6.07, 6.45) is 5.47. The zero-order chi connectivity index (χ0) is 10.7. The minimum atomic E-state index is 0.0144. The van der Waals surface area contributed by atoms with E-state index < -0.39 is 0 Å². The van der Waals surface area contributed by atoms with Gasteiger partial charge in [-0.1, -0.05) is 11.6 Å². The van der Waals surface area contributed by atoms with E-state index in [4.69, 9.17) is 0 Å². The van der Waals surface area contributed by atoms with E-state index in [-0.39, 0.29) is 12.2 Å². The molecule has 2 N–H and O–H groups in total. The van der Waals surface area contributed by atoms with Crippen molar-refractivity contribution in [1.82, 2.24) is 10.6 Å². The van der Waals surface area contributed by atoms with E-state index in [2.05, 4.69) is 45.5 Å². The van der Waals surface area contributed by atoms with Crippen LogP contribution in [-0.4, -0.2) is 37.3 Å². The lowest BCUT2D eigenvalue weighted by Crippen LogP contribution is -2.46. The van der Waals surface area contributed by atoms with Gasteiger partial charge in [0.1, 0.15) is 11.9 Å². The maximum Gasteiger partial charge on any atom is 0.151 e. The van der Waals surface area contributed by atoms with Crippen LogP contribution in [0.2, 0.25) is 0 Å². The van der Waals surface area contributed by atoms with Crippen LogP contribution in [0.1, 0.15) is 13.8 Å². The lowest BCUT2D eigenvalue weighted by Gasteiger charge is -2.20. The van der Waals surface area contributed by atoms with E-state index in [1.54, 1.807) is 12.7 Å². The number of aliphatic imine (C=N–C) groups is 3. The number of allylic oxidation sites excluding steroid dienone is 1. The van der Waals surface area contributed by atoms with Crippen molar-refractivity contribution in [2.75, 3.05) is 6.54 Å². The molecular formula is C10H15N5. The third kappa shape index (κ3) is 2.23. The third-order valence-electron chi connectivity index (χ3n) is 2.27. The van der Waals surface area contributed by atoms with Gasteiger partial charge >= 0.3 is 0 Å². The summed E-state index contributed by atoms with van der Waals surface area (Å²) >= 11 is 0. The molecule has 0 aromatic heterocycles. The fraction of sp³-hybridized carbons (Fsp3) is 0.500. The minimum Gasteiger partial charge on any atom is -0.353 e. The molecule has 0 saturated carbocycles. The number of nitrogens with one attached hydrogen (secondary N) is 2. The monoisotopic (exact) mass is 205 g/mol. The zero-order valence-corrected chi connectivity index (χ0v) is 8.94. The minimum absolute atomic E-state index is 0.0144. The van der Waals surface area contributed by atoms with Crippen molar-refractivity contribution >= 4 is 18.5 Å². The molecule has 0 spiro atoms. The summed E-state index contributed by atoms with van der Waals surface area (Å²) < 4.78 is 0. The molecule has 2 aliphatic heterocycles.